The van der Waals surface area contributed by atoms with Crippen molar-refractivity contribution in [3.05, 3.63) is 42.1 Å². The molecule has 0 amide bonds. The summed E-state index contributed by atoms with van der Waals surface area (Å²) in [5.74, 6) is -1.98. The number of carboxylic acids is 2. The molecule has 1 aromatic carbocycles. The summed E-state index contributed by atoms with van der Waals surface area (Å²) in [5.41, 5.74) is 10.0. The molecule has 0 saturated carbocycles. The van der Waals surface area contributed by atoms with Gasteiger partial charge in [-0.15, -0.1) is 0 Å². The van der Waals surface area contributed by atoms with Gasteiger partial charge in [0.05, 0.1) is 17.4 Å². The second-order valence-electron chi connectivity index (χ2n) is 5.91. The molecule has 0 saturated heterocycles. The van der Waals surface area contributed by atoms with E-state index in [-0.39, 0.29) is 11.7 Å². The molecule has 162 valence electrons. The molecule has 0 unspecified atom stereocenters. The van der Waals surface area contributed by atoms with Crippen molar-refractivity contribution < 1.29 is 28.7 Å². The number of aliphatic carboxylic acids is 2. The number of carbonyl (C=O) groups is 2. The Morgan fingerprint density at radius 3 is 2.67 bits per heavy atom. The second-order valence-corrected chi connectivity index (χ2v) is 5.91. The van der Waals surface area contributed by atoms with Crippen LogP contribution in [0.15, 0.2) is 46.6 Å². The van der Waals surface area contributed by atoms with Gasteiger partial charge in [-0.25, -0.2) is 15.0 Å². The average Bonchev–Trinajstić information content (AvgIpc) is 3.11. The molecule has 2 aromatic rings. The number of ether oxygens (including phenoxy) is 1. The molecule has 0 spiro atoms. The third kappa shape index (κ3) is 9.40. The van der Waals surface area contributed by atoms with Crippen LogP contribution in [0.25, 0.3) is 10.9 Å². The molecule has 2 rings (SSSR count). The lowest BCUT2D eigenvalue weighted by Crippen LogP contribution is -2.27. The number of nitrogens with two attached hydrogens (primary N) is 1. The number of aliphatic imine (C=N–C) groups is 1. The highest BCUT2D eigenvalue weighted by atomic mass is 16.5. The number of nitrogens with zero attached hydrogens (tertiary/aromatic N) is 2. The van der Waals surface area contributed by atoms with Crippen LogP contribution >= 0.6 is 0 Å². The predicted molar refractivity (Wildman–Crippen MR) is 116 cm³/mol. The first-order valence-electron chi connectivity index (χ1n) is 10.5. The molecule has 0 aliphatic heterocycles. The van der Waals surface area contributed by atoms with Gasteiger partial charge in [0.2, 0.25) is 5.96 Å². The van der Waals surface area contributed by atoms with Gasteiger partial charge in [0, 0.05) is 41.4 Å². The Hall–Kier alpha value is -3.82. The van der Waals surface area contributed by atoms with E-state index in [9.17, 15) is 9.59 Å². The monoisotopic (exact) mass is 421 g/mol. The summed E-state index contributed by atoms with van der Waals surface area (Å²) in [6.45, 7) is 2.80. The Balaban J connectivity index is 0.000000582. The van der Waals surface area contributed by atoms with E-state index in [1.54, 1.807) is 30.6 Å². The van der Waals surface area contributed by atoms with Crippen LogP contribution in [0.4, 0.5) is 0 Å². The van der Waals surface area contributed by atoms with Crippen LogP contribution in [0, 0.1) is 0 Å². The third-order valence-electron chi connectivity index (χ3n) is 3.60. The number of fused-ring (bicyclic) bond motifs is 1. The summed E-state index contributed by atoms with van der Waals surface area (Å²) in [6.07, 6.45) is 7.73. The highest BCUT2D eigenvalue weighted by Gasteiger charge is 2.03. The fourth-order valence-electron chi connectivity index (χ4n) is 2.20. The van der Waals surface area contributed by atoms with E-state index in [4.69, 9.17) is 24.8 Å². The van der Waals surface area contributed by atoms with Crippen molar-refractivity contribution in [1.29, 1.82) is 0 Å². The number of benzene rings is 1. The van der Waals surface area contributed by atoms with Crippen LogP contribution in [0.1, 0.15) is 35.9 Å². The minimum absolute atomic E-state index is 0.263. The van der Waals surface area contributed by atoms with E-state index in [0.29, 0.717) is 18.7 Å². The molecule has 30 heavy (non-hydrogen) atoms. The largest absolute Gasteiger partial charge is 0.497 e. The predicted octanol–water partition coefficient (Wildman–Crippen LogP) is 2.32. The van der Waals surface area contributed by atoms with Gasteiger partial charge in [0.1, 0.15) is 5.75 Å². The normalized spacial score (nSPS) is 13.4. The topological polar surface area (TPSA) is 162 Å². The number of aromatic nitrogens is 1. The number of hydrogen-bond acceptors (Lipinski definition) is 5. The molecule has 0 aliphatic rings. The van der Waals surface area contributed by atoms with Gasteiger partial charge < -0.3 is 25.7 Å². The van der Waals surface area contributed by atoms with Crippen LogP contribution in [0.2, 0.25) is 0 Å². The van der Waals surface area contributed by atoms with E-state index in [0.717, 1.165) is 35.7 Å². The summed E-state index contributed by atoms with van der Waals surface area (Å²) >= 11 is 0. The number of H-pyrrole nitrogens is 1. The lowest BCUT2D eigenvalue weighted by atomic mass is 10.2. The maximum atomic E-state index is 9.55. The van der Waals surface area contributed by atoms with Crippen molar-refractivity contribution in [2.24, 2.45) is 15.8 Å². The second kappa shape index (κ2) is 13.4. The summed E-state index contributed by atoms with van der Waals surface area (Å²) in [5, 5.41) is 20.5. The van der Waals surface area contributed by atoms with E-state index < -0.39 is 19.0 Å². The maximum Gasteiger partial charge on any atom is 0.328 e. The molecule has 1 heterocycles. The molecule has 1 aromatic heterocycles. The van der Waals surface area contributed by atoms with Crippen molar-refractivity contribution in [3.63, 3.8) is 0 Å². The molecule has 0 radical (unpaired) electrons. The van der Waals surface area contributed by atoms with E-state index in [2.05, 4.69) is 27.4 Å². The number of hydrazone groups is 1. The summed E-state index contributed by atoms with van der Waals surface area (Å²) in [4.78, 5) is 26.4. The highest BCUT2D eigenvalue weighted by molar-refractivity contribution is 5.99. The molecule has 10 nitrogen and oxygen atoms in total. The third-order valence-corrected chi connectivity index (χ3v) is 3.60. The molecule has 10 heteroatoms. The zero-order chi connectivity index (χ0) is 24.9. The highest BCUT2D eigenvalue weighted by Crippen LogP contribution is 2.22. The van der Waals surface area contributed by atoms with Gasteiger partial charge in [0.15, 0.2) is 0 Å². The number of carboxylic acid groups (broad SMARTS) is 2. The molecular weight excluding hydrogens is 391 g/mol. The first-order valence-corrected chi connectivity index (χ1v) is 9.05. The number of unbranched alkanes of at least 4 members (excludes halogenated alkanes) is 2. The van der Waals surface area contributed by atoms with Crippen molar-refractivity contribution in [2.75, 3.05) is 13.6 Å². The Bertz CT molecular complexity index is 999. The van der Waals surface area contributed by atoms with Gasteiger partial charge in [-0.05, 0) is 24.6 Å². The SMILES string of the molecule is O=C(O)/C=C\C(=O)O.[2H][13C]([2H])([2H])Oc1ccc2[nH]cc(/C=N/NC(N)=NCCCCC)c2c1. The zero-order valence-corrected chi connectivity index (χ0v) is 16.5. The van der Waals surface area contributed by atoms with Gasteiger partial charge in [-0.3, -0.25) is 4.99 Å². The van der Waals surface area contributed by atoms with Crippen molar-refractivity contribution in [1.82, 2.24) is 10.4 Å². The fourth-order valence-corrected chi connectivity index (χ4v) is 2.20. The number of methoxy groups -OCH3 is 1. The number of aromatic amines is 1. The average molecular weight is 421 g/mol. The standard InChI is InChI=1S/C16H23N5O.C4H4O4/c1-3-4-5-8-18-16(17)21-20-11-12-10-19-15-7-6-13(22-2)9-14(12)15;5-3(6)1-2-4(7)8/h6-7,9-11,19H,3-5,8H2,1-2H3,(H3,17,18,21);1-2H,(H,5,6)(H,7,8)/b20-11+;2-1-/i2+1D3;. The van der Waals surface area contributed by atoms with Crippen LogP contribution < -0.4 is 15.9 Å². The first kappa shape index (κ1) is 19.5. The zero-order valence-electron chi connectivity index (χ0n) is 19.5. The lowest BCUT2D eigenvalue weighted by molar-refractivity contribution is -0.134. The molecule has 0 aliphatic carbocycles. The van der Waals surface area contributed by atoms with Gasteiger partial charge >= 0.3 is 11.9 Å². The number of guanidine groups is 1. The van der Waals surface area contributed by atoms with Gasteiger partial charge in [-0.1, -0.05) is 19.8 Å². The van der Waals surface area contributed by atoms with Crippen LogP contribution in [0.3, 0.4) is 0 Å². The fraction of sp³-hybridized carbons (Fsp3) is 0.300. The number of rotatable bonds is 9. The Kier molecular flexibility index (Phi) is 8.69. The molecular formula is C20H27N5O5. The van der Waals surface area contributed by atoms with Gasteiger partial charge in [-0.2, -0.15) is 5.10 Å². The Labute approximate surface area is 178 Å². The van der Waals surface area contributed by atoms with Gasteiger partial charge in [0.25, 0.3) is 0 Å². The molecule has 0 atom stereocenters. The number of nitrogens with one attached hydrogen (secondary N) is 2. The Morgan fingerprint density at radius 2 is 2.03 bits per heavy atom. The summed E-state index contributed by atoms with van der Waals surface area (Å²) in [7, 11) is -2.48. The quantitative estimate of drug-likeness (QED) is 0.104. The van der Waals surface area contributed by atoms with E-state index in [1.165, 1.54) is 0 Å². The van der Waals surface area contributed by atoms with Crippen LogP contribution in [-0.2, 0) is 9.59 Å². The lowest BCUT2D eigenvalue weighted by Gasteiger charge is -2.00. The van der Waals surface area contributed by atoms with E-state index in [1.807, 2.05) is 0 Å². The number of hydrogen-bond donors (Lipinski definition) is 5. The maximum absolute atomic E-state index is 9.55. The van der Waals surface area contributed by atoms with E-state index >= 15 is 0 Å². The Morgan fingerprint density at radius 1 is 1.30 bits per heavy atom. The van der Waals surface area contributed by atoms with Crippen molar-refractivity contribution in [2.45, 2.75) is 26.2 Å². The molecule has 0 fully saturated rings. The summed E-state index contributed by atoms with van der Waals surface area (Å²) < 4.78 is 26.4. The van der Waals surface area contributed by atoms with Crippen molar-refractivity contribution >= 4 is 35.0 Å². The molecule has 0 bridgehead atoms. The van der Waals surface area contributed by atoms with Crippen molar-refractivity contribution in [3.8, 4) is 5.75 Å². The van der Waals surface area contributed by atoms with Crippen LogP contribution in [0.5, 0.6) is 5.75 Å². The smallest absolute Gasteiger partial charge is 0.328 e. The minimum Gasteiger partial charge on any atom is -0.497 e. The molecule has 6 N–H and O–H groups in total. The minimum atomic E-state index is -2.48. The van der Waals surface area contributed by atoms with Crippen LogP contribution in [-0.4, -0.2) is 52.9 Å². The first-order chi connectivity index (χ1) is 15.5. The summed E-state index contributed by atoms with van der Waals surface area (Å²) in [6, 6.07) is 5.01.